The van der Waals surface area contributed by atoms with Crippen LogP contribution in [0.25, 0.3) is 11.4 Å². The molecule has 0 aliphatic heterocycles. The van der Waals surface area contributed by atoms with Crippen molar-refractivity contribution in [2.75, 3.05) is 14.2 Å². The van der Waals surface area contributed by atoms with Crippen LogP contribution in [-0.2, 0) is 19.8 Å². The Labute approximate surface area is 159 Å². The standard InChI is InChI=1S/C20H24N4OS/c1-4-23-19(17-10-12-18(25-3)13-11-17)21-24(20(23)26)15-22(2)14-16-8-6-5-7-9-16/h5-13H,4,14-15H2,1-3H3. The Morgan fingerprint density at radius 3 is 2.38 bits per heavy atom. The summed E-state index contributed by atoms with van der Waals surface area (Å²) in [7, 11) is 3.74. The quantitative estimate of drug-likeness (QED) is 0.586. The van der Waals surface area contributed by atoms with E-state index in [9.17, 15) is 0 Å². The number of methoxy groups -OCH3 is 1. The molecule has 1 heterocycles. The molecule has 3 aromatic rings. The molecule has 0 aliphatic carbocycles. The second kappa shape index (κ2) is 8.29. The van der Waals surface area contributed by atoms with E-state index in [4.69, 9.17) is 22.1 Å². The lowest BCUT2D eigenvalue weighted by molar-refractivity contribution is 0.244. The van der Waals surface area contributed by atoms with Crippen molar-refractivity contribution in [1.82, 2.24) is 19.2 Å². The molecule has 0 spiro atoms. The Hall–Kier alpha value is -2.44. The van der Waals surface area contributed by atoms with Gasteiger partial charge in [-0.3, -0.25) is 4.90 Å². The van der Waals surface area contributed by atoms with Gasteiger partial charge in [-0.1, -0.05) is 30.3 Å². The van der Waals surface area contributed by atoms with Crippen LogP contribution in [0, 0.1) is 4.77 Å². The minimum absolute atomic E-state index is 0.643. The summed E-state index contributed by atoms with van der Waals surface area (Å²) in [4.78, 5) is 2.20. The highest BCUT2D eigenvalue weighted by Crippen LogP contribution is 2.22. The monoisotopic (exact) mass is 368 g/mol. The largest absolute Gasteiger partial charge is 0.497 e. The molecule has 2 aromatic carbocycles. The van der Waals surface area contributed by atoms with E-state index in [0.717, 1.165) is 35.0 Å². The van der Waals surface area contributed by atoms with Gasteiger partial charge < -0.3 is 9.30 Å². The van der Waals surface area contributed by atoms with Gasteiger partial charge in [0.2, 0.25) is 0 Å². The molecule has 0 unspecified atom stereocenters. The average molecular weight is 369 g/mol. The van der Waals surface area contributed by atoms with Gasteiger partial charge in [0, 0.05) is 18.7 Å². The van der Waals surface area contributed by atoms with Crippen LogP contribution in [0.5, 0.6) is 5.75 Å². The summed E-state index contributed by atoms with van der Waals surface area (Å²) in [6, 6.07) is 18.3. The molecule has 136 valence electrons. The first-order valence-electron chi connectivity index (χ1n) is 8.67. The van der Waals surface area contributed by atoms with E-state index < -0.39 is 0 Å². The van der Waals surface area contributed by atoms with E-state index in [2.05, 4.69) is 47.7 Å². The minimum Gasteiger partial charge on any atom is -0.497 e. The lowest BCUT2D eigenvalue weighted by atomic mass is 10.2. The van der Waals surface area contributed by atoms with Crippen LogP contribution in [0.15, 0.2) is 54.6 Å². The number of hydrogen-bond donors (Lipinski definition) is 0. The van der Waals surface area contributed by atoms with Gasteiger partial charge in [-0.15, -0.1) is 0 Å². The third-order valence-corrected chi connectivity index (χ3v) is 4.69. The number of aromatic nitrogens is 3. The van der Waals surface area contributed by atoms with Gasteiger partial charge in [-0.2, -0.15) is 5.10 Å². The number of hydrogen-bond acceptors (Lipinski definition) is 4. The van der Waals surface area contributed by atoms with E-state index in [1.165, 1.54) is 5.56 Å². The Balaban J connectivity index is 1.84. The van der Waals surface area contributed by atoms with Gasteiger partial charge in [0.25, 0.3) is 0 Å². The second-order valence-corrected chi connectivity index (χ2v) is 6.58. The van der Waals surface area contributed by atoms with Crippen LogP contribution in [0.3, 0.4) is 0 Å². The van der Waals surface area contributed by atoms with Gasteiger partial charge in [0.15, 0.2) is 10.6 Å². The Morgan fingerprint density at radius 1 is 1.08 bits per heavy atom. The third kappa shape index (κ3) is 4.03. The highest BCUT2D eigenvalue weighted by Gasteiger charge is 2.13. The zero-order chi connectivity index (χ0) is 18.5. The lowest BCUT2D eigenvalue weighted by Gasteiger charge is -2.16. The smallest absolute Gasteiger partial charge is 0.199 e. The molecule has 0 saturated heterocycles. The van der Waals surface area contributed by atoms with E-state index in [-0.39, 0.29) is 0 Å². The molecular formula is C20H24N4OS. The normalized spacial score (nSPS) is 11.1. The van der Waals surface area contributed by atoms with Crippen molar-refractivity contribution in [1.29, 1.82) is 0 Å². The summed E-state index contributed by atoms with van der Waals surface area (Å²) in [5, 5.41) is 4.78. The number of rotatable bonds is 7. The molecular weight excluding hydrogens is 344 g/mol. The van der Waals surface area contributed by atoms with Crippen LogP contribution in [-0.4, -0.2) is 33.4 Å². The summed E-state index contributed by atoms with van der Waals surface area (Å²) in [5.41, 5.74) is 2.30. The van der Waals surface area contributed by atoms with E-state index >= 15 is 0 Å². The van der Waals surface area contributed by atoms with Crippen molar-refractivity contribution in [3.05, 3.63) is 64.9 Å². The molecule has 0 radical (unpaired) electrons. The molecule has 1 aromatic heterocycles. The Kier molecular flexibility index (Phi) is 5.85. The zero-order valence-electron chi connectivity index (χ0n) is 15.4. The van der Waals surface area contributed by atoms with Crippen molar-refractivity contribution >= 4 is 12.2 Å². The molecule has 0 N–H and O–H groups in total. The molecule has 6 heteroatoms. The van der Waals surface area contributed by atoms with Gasteiger partial charge in [-0.25, -0.2) is 4.68 Å². The van der Waals surface area contributed by atoms with Crippen molar-refractivity contribution in [2.45, 2.75) is 26.7 Å². The number of nitrogens with zero attached hydrogens (tertiary/aromatic N) is 4. The first-order chi connectivity index (χ1) is 12.6. The van der Waals surface area contributed by atoms with Crippen molar-refractivity contribution in [2.24, 2.45) is 0 Å². The first-order valence-corrected chi connectivity index (χ1v) is 9.07. The molecule has 0 atom stereocenters. The summed E-state index contributed by atoms with van der Waals surface area (Å²) in [6.07, 6.45) is 0. The molecule has 0 saturated carbocycles. The average Bonchev–Trinajstić information content (AvgIpc) is 2.98. The van der Waals surface area contributed by atoms with Gasteiger partial charge in [0.05, 0.1) is 13.8 Å². The SMILES string of the molecule is CCn1c(-c2ccc(OC)cc2)nn(CN(C)Cc2ccccc2)c1=S. The highest BCUT2D eigenvalue weighted by atomic mass is 32.1. The molecule has 0 amide bonds. The Bertz CT molecular complexity index is 900. The summed E-state index contributed by atoms with van der Waals surface area (Å²) >= 11 is 5.66. The summed E-state index contributed by atoms with van der Waals surface area (Å²) in [5.74, 6) is 1.71. The Morgan fingerprint density at radius 2 is 1.77 bits per heavy atom. The highest BCUT2D eigenvalue weighted by molar-refractivity contribution is 7.71. The van der Waals surface area contributed by atoms with Gasteiger partial charge >= 0.3 is 0 Å². The van der Waals surface area contributed by atoms with Gasteiger partial charge in [-0.05, 0) is 56.0 Å². The van der Waals surface area contributed by atoms with Crippen LogP contribution in [0.1, 0.15) is 12.5 Å². The fourth-order valence-corrected chi connectivity index (χ4v) is 3.26. The van der Waals surface area contributed by atoms with E-state index in [1.807, 2.05) is 35.0 Å². The fraction of sp³-hybridized carbons (Fsp3) is 0.300. The van der Waals surface area contributed by atoms with Crippen LogP contribution >= 0.6 is 12.2 Å². The maximum Gasteiger partial charge on any atom is 0.199 e. The summed E-state index contributed by atoms with van der Waals surface area (Å²) < 4.78 is 9.93. The minimum atomic E-state index is 0.643. The summed E-state index contributed by atoms with van der Waals surface area (Å²) in [6.45, 7) is 4.36. The second-order valence-electron chi connectivity index (χ2n) is 6.22. The zero-order valence-corrected chi connectivity index (χ0v) is 16.2. The lowest BCUT2D eigenvalue weighted by Crippen LogP contribution is -2.22. The first kappa shape index (κ1) is 18.4. The van der Waals surface area contributed by atoms with E-state index in [0.29, 0.717) is 6.67 Å². The number of ether oxygens (including phenoxy) is 1. The van der Waals surface area contributed by atoms with E-state index in [1.54, 1.807) is 7.11 Å². The van der Waals surface area contributed by atoms with Crippen LogP contribution < -0.4 is 4.74 Å². The van der Waals surface area contributed by atoms with Crippen molar-refractivity contribution in [3.8, 4) is 17.1 Å². The number of benzene rings is 2. The maximum absolute atomic E-state index is 5.66. The van der Waals surface area contributed by atoms with Crippen molar-refractivity contribution in [3.63, 3.8) is 0 Å². The van der Waals surface area contributed by atoms with Crippen LogP contribution in [0.4, 0.5) is 0 Å². The maximum atomic E-state index is 5.66. The molecule has 0 bridgehead atoms. The van der Waals surface area contributed by atoms with Crippen LogP contribution in [0.2, 0.25) is 0 Å². The molecule has 3 rings (SSSR count). The molecule has 0 aliphatic rings. The predicted molar refractivity (Wildman–Crippen MR) is 107 cm³/mol. The third-order valence-electron chi connectivity index (χ3n) is 4.26. The predicted octanol–water partition coefficient (Wildman–Crippen LogP) is 4.20. The van der Waals surface area contributed by atoms with Crippen molar-refractivity contribution < 1.29 is 4.74 Å². The molecule has 5 nitrogen and oxygen atoms in total. The molecule has 0 fully saturated rings. The fourth-order valence-electron chi connectivity index (χ4n) is 2.95. The molecule has 26 heavy (non-hydrogen) atoms. The van der Waals surface area contributed by atoms with Gasteiger partial charge in [0.1, 0.15) is 5.75 Å². The topological polar surface area (TPSA) is 35.2 Å².